The fourth-order valence-electron chi connectivity index (χ4n) is 1.10. The van der Waals surface area contributed by atoms with Gasteiger partial charge in [-0.3, -0.25) is 4.92 Å². The van der Waals surface area contributed by atoms with Crippen molar-refractivity contribution >= 4 is 13.2 Å². The molecule has 0 atom stereocenters. The maximum atomic E-state index is 3.97. The highest BCUT2D eigenvalue weighted by Crippen LogP contribution is 2.16. The van der Waals surface area contributed by atoms with E-state index >= 15 is 0 Å². The van der Waals surface area contributed by atoms with Gasteiger partial charge >= 0.3 is 7.55 Å². The molecule has 0 radical (unpaired) electrons. The van der Waals surface area contributed by atoms with Gasteiger partial charge in [-0.05, 0) is 12.1 Å². The summed E-state index contributed by atoms with van der Waals surface area (Å²) in [5, 5.41) is 7.85. The molecule has 4 nitrogen and oxygen atoms in total. The van der Waals surface area contributed by atoms with Gasteiger partial charge in [0.15, 0.2) is 0 Å². The lowest BCUT2D eigenvalue weighted by Gasteiger charge is -2.10. The quantitative estimate of drug-likeness (QED) is 0.573. The van der Waals surface area contributed by atoms with E-state index < -0.39 is 0 Å². The van der Waals surface area contributed by atoms with Crippen molar-refractivity contribution in [3.05, 3.63) is 30.3 Å². The average molecular weight is 160 g/mol. The van der Waals surface area contributed by atoms with Gasteiger partial charge in [0.25, 0.3) is 0 Å². The zero-order valence-electron chi connectivity index (χ0n) is 6.88. The Morgan fingerprint density at radius 3 is 2.50 bits per heavy atom. The Morgan fingerprint density at radius 1 is 1.17 bits per heavy atom. The Morgan fingerprint density at radius 2 is 1.92 bits per heavy atom. The number of nitrogens with zero attached hydrogens (tertiary/aromatic N) is 4. The zero-order chi connectivity index (χ0) is 8.39. The Kier molecular flexibility index (Phi) is 1.70. The van der Waals surface area contributed by atoms with Crippen LogP contribution in [0.3, 0.4) is 0 Å². The summed E-state index contributed by atoms with van der Waals surface area (Å²) in [6, 6.07) is 9.99. The smallest absolute Gasteiger partial charge is 0.301 e. The van der Waals surface area contributed by atoms with Crippen LogP contribution in [0.2, 0.25) is 0 Å². The second kappa shape index (κ2) is 2.85. The van der Waals surface area contributed by atoms with Crippen molar-refractivity contribution < 1.29 is 0 Å². The summed E-state index contributed by atoms with van der Waals surface area (Å²) >= 11 is 0. The lowest BCUT2D eigenvalue weighted by Crippen LogP contribution is -2.26. The van der Waals surface area contributed by atoms with Crippen LogP contribution in [-0.2, 0) is 0 Å². The van der Waals surface area contributed by atoms with Gasteiger partial charge < -0.3 is 4.92 Å². The Hall–Kier alpha value is -1.52. The van der Waals surface area contributed by atoms with Crippen molar-refractivity contribution in [1.29, 1.82) is 0 Å². The number of para-hydroxylation sites is 1. The molecule has 0 unspecified atom stereocenters. The van der Waals surface area contributed by atoms with Crippen molar-refractivity contribution in [3.8, 4) is 0 Å². The molecule has 0 saturated heterocycles. The highest BCUT2D eigenvalue weighted by Gasteiger charge is 2.15. The number of rotatable bonds is 1. The molecule has 0 saturated carbocycles. The zero-order valence-corrected chi connectivity index (χ0v) is 6.88. The van der Waals surface area contributed by atoms with E-state index in [-0.39, 0.29) is 0 Å². The van der Waals surface area contributed by atoms with Gasteiger partial charge in [-0.15, -0.1) is 0 Å². The number of hydrogen-bond donors (Lipinski definition) is 0. The van der Waals surface area contributed by atoms with Crippen LogP contribution < -0.4 is 4.92 Å². The van der Waals surface area contributed by atoms with Crippen molar-refractivity contribution in [3.63, 3.8) is 0 Å². The van der Waals surface area contributed by atoms with Crippen LogP contribution in [-0.4, -0.2) is 19.5 Å². The Bertz CT molecular complexity index is 287. The van der Waals surface area contributed by atoms with Crippen LogP contribution >= 0.6 is 0 Å². The highest BCUT2D eigenvalue weighted by molar-refractivity contribution is 6.38. The fourth-order valence-corrected chi connectivity index (χ4v) is 1.10. The minimum absolute atomic E-state index is 0.726. The van der Waals surface area contributed by atoms with Crippen LogP contribution in [0.15, 0.2) is 40.8 Å². The van der Waals surface area contributed by atoms with E-state index in [9.17, 15) is 0 Å². The molecule has 1 heterocycles. The van der Waals surface area contributed by atoms with Gasteiger partial charge in [0, 0.05) is 12.7 Å². The van der Waals surface area contributed by atoms with Crippen molar-refractivity contribution in [2.24, 2.45) is 10.4 Å². The monoisotopic (exact) mass is 160 g/mol. The third-order valence-electron chi connectivity index (χ3n) is 1.69. The maximum Gasteiger partial charge on any atom is 0.401 e. The van der Waals surface area contributed by atoms with Crippen LogP contribution in [0.25, 0.3) is 0 Å². The van der Waals surface area contributed by atoms with Gasteiger partial charge in [0.05, 0.1) is 0 Å². The second-order valence-electron chi connectivity index (χ2n) is 2.71. The summed E-state index contributed by atoms with van der Waals surface area (Å²) in [4.78, 5) is 3.63. The molecule has 60 valence electrons. The molecule has 0 aliphatic carbocycles. The van der Waals surface area contributed by atoms with Crippen LogP contribution in [0.1, 0.15) is 0 Å². The van der Waals surface area contributed by atoms with Crippen molar-refractivity contribution in [2.45, 2.75) is 0 Å². The fraction of sp³-hybridized carbons (Fsp3) is 0.143. The van der Waals surface area contributed by atoms with Crippen LogP contribution in [0.5, 0.6) is 0 Å². The van der Waals surface area contributed by atoms with E-state index in [1.54, 1.807) is 4.92 Å². The van der Waals surface area contributed by atoms with E-state index in [2.05, 4.69) is 10.4 Å². The number of hydrogen-bond acceptors (Lipinski definition) is 4. The average Bonchev–Trinajstić information content (AvgIpc) is 2.54. The first kappa shape index (κ1) is 7.15. The molecular weight excluding hydrogens is 151 g/mol. The molecule has 2 rings (SSSR count). The van der Waals surface area contributed by atoms with E-state index in [0.717, 1.165) is 13.2 Å². The molecule has 0 N–H and O–H groups in total. The SMILES string of the molecule is CN1BN(c2ccccc2)N=N1. The van der Waals surface area contributed by atoms with Gasteiger partial charge in [0.1, 0.15) is 0 Å². The van der Waals surface area contributed by atoms with Gasteiger partial charge in [-0.2, -0.15) is 0 Å². The van der Waals surface area contributed by atoms with Crippen LogP contribution in [0.4, 0.5) is 5.69 Å². The van der Waals surface area contributed by atoms with Crippen molar-refractivity contribution in [1.82, 2.24) is 4.92 Å². The summed E-state index contributed by atoms with van der Waals surface area (Å²) in [7, 11) is 2.62. The first-order chi connectivity index (χ1) is 5.86. The standard InChI is InChI=1S/C7H9BN4/c1-11-8-12(10-9-11)7-5-3-2-4-6-7/h2-6,8H,1H3. The minimum atomic E-state index is 0.726. The summed E-state index contributed by atoms with van der Waals surface area (Å²) in [6.45, 7) is 0. The molecule has 0 amide bonds. The van der Waals surface area contributed by atoms with Gasteiger partial charge in [0.2, 0.25) is 0 Å². The molecule has 0 spiro atoms. The molecule has 1 aliphatic heterocycles. The third kappa shape index (κ3) is 1.25. The third-order valence-corrected chi connectivity index (χ3v) is 1.69. The molecule has 1 aromatic rings. The molecular formula is C7H9BN4. The van der Waals surface area contributed by atoms with E-state index in [0.29, 0.717) is 0 Å². The summed E-state index contributed by atoms with van der Waals surface area (Å²) in [6.07, 6.45) is 0. The number of benzene rings is 1. The molecule has 0 aromatic heterocycles. The van der Waals surface area contributed by atoms with Crippen LogP contribution in [0, 0.1) is 0 Å². The lowest BCUT2D eigenvalue weighted by atomic mass is 10.1. The van der Waals surface area contributed by atoms with E-state index in [1.165, 1.54) is 0 Å². The van der Waals surface area contributed by atoms with E-state index in [1.807, 2.05) is 42.3 Å². The maximum absolute atomic E-state index is 3.97. The summed E-state index contributed by atoms with van der Waals surface area (Å²) in [5.41, 5.74) is 1.07. The molecule has 1 aromatic carbocycles. The molecule has 12 heavy (non-hydrogen) atoms. The number of anilines is 1. The second-order valence-corrected chi connectivity index (χ2v) is 2.71. The lowest BCUT2D eigenvalue weighted by molar-refractivity contribution is 0.563. The Labute approximate surface area is 71.7 Å². The van der Waals surface area contributed by atoms with E-state index in [4.69, 9.17) is 0 Å². The highest BCUT2D eigenvalue weighted by atomic mass is 15.7. The van der Waals surface area contributed by atoms with Gasteiger partial charge in [-0.25, -0.2) is 0 Å². The molecule has 0 fully saturated rings. The first-order valence-electron chi connectivity index (χ1n) is 3.81. The topological polar surface area (TPSA) is 31.2 Å². The summed E-state index contributed by atoms with van der Waals surface area (Å²) in [5.74, 6) is 0. The molecule has 0 bridgehead atoms. The Balaban J connectivity index is 2.18. The summed E-state index contributed by atoms with van der Waals surface area (Å²) < 4.78 is 0. The normalized spacial score (nSPS) is 15.1. The predicted octanol–water partition coefficient (Wildman–Crippen LogP) is 0.987. The largest absolute Gasteiger partial charge is 0.401 e. The molecule has 1 aliphatic rings. The van der Waals surface area contributed by atoms with Crippen molar-refractivity contribution in [2.75, 3.05) is 12.0 Å². The predicted molar refractivity (Wildman–Crippen MR) is 48.7 cm³/mol. The minimum Gasteiger partial charge on any atom is -0.301 e. The molecule has 5 heteroatoms. The first-order valence-corrected chi connectivity index (χ1v) is 3.81. The van der Waals surface area contributed by atoms with Gasteiger partial charge in [-0.1, -0.05) is 28.6 Å².